The maximum atomic E-state index is 12.1. The molecule has 0 aliphatic carbocycles. The summed E-state index contributed by atoms with van der Waals surface area (Å²) >= 11 is 5.98. The van der Waals surface area contributed by atoms with E-state index in [2.05, 4.69) is 34.6 Å². The van der Waals surface area contributed by atoms with Crippen LogP contribution in [0.3, 0.4) is 0 Å². The number of carbonyl (C=O) groups excluding carboxylic acids is 1. The molecule has 0 aliphatic heterocycles. The molecule has 178 valence electrons. The van der Waals surface area contributed by atoms with Crippen LogP contribution in [0.25, 0.3) is 0 Å². The van der Waals surface area contributed by atoms with Gasteiger partial charge in [0.15, 0.2) is 0 Å². The molecule has 3 aromatic rings. The fraction of sp³-hybridized carbons (Fsp3) is 0.231. The maximum absolute atomic E-state index is 12.1. The highest BCUT2D eigenvalue weighted by Crippen LogP contribution is 2.23. The van der Waals surface area contributed by atoms with Crippen LogP contribution in [0.2, 0.25) is 5.02 Å². The van der Waals surface area contributed by atoms with Crippen LogP contribution < -0.4 is 15.5 Å². The first kappa shape index (κ1) is 25.1. The van der Waals surface area contributed by atoms with Gasteiger partial charge in [-0.05, 0) is 60.6 Å². The van der Waals surface area contributed by atoms with E-state index < -0.39 is 6.03 Å². The van der Waals surface area contributed by atoms with Crippen LogP contribution >= 0.6 is 11.6 Å². The largest absolute Gasteiger partial charge is 0.507 e. The molecule has 0 atom stereocenters. The molecule has 0 aromatic heterocycles. The average molecular weight is 481 g/mol. The first-order valence-electron chi connectivity index (χ1n) is 11.1. The zero-order valence-corrected chi connectivity index (χ0v) is 20.0. The van der Waals surface area contributed by atoms with Crippen LogP contribution in [-0.4, -0.2) is 35.3 Å². The van der Waals surface area contributed by atoms with Gasteiger partial charge in [-0.1, -0.05) is 49.7 Å². The lowest BCUT2D eigenvalue weighted by atomic mass is 10.2. The van der Waals surface area contributed by atoms with E-state index in [1.807, 2.05) is 42.5 Å². The number of halogens is 1. The number of phenolic OH excluding ortho intramolecular Hbond substituents is 1. The van der Waals surface area contributed by atoms with Gasteiger partial charge < -0.3 is 15.2 Å². The summed E-state index contributed by atoms with van der Waals surface area (Å²) < 4.78 is 5.69. The lowest BCUT2D eigenvalue weighted by molar-refractivity contribution is 0.252. The third-order valence-corrected chi connectivity index (χ3v) is 5.41. The van der Waals surface area contributed by atoms with E-state index >= 15 is 0 Å². The molecule has 3 rings (SSSR count). The second kappa shape index (κ2) is 12.6. The normalized spacial score (nSPS) is 11.1. The van der Waals surface area contributed by atoms with Crippen molar-refractivity contribution in [3.63, 3.8) is 0 Å². The number of rotatable bonds is 10. The number of ether oxygens (including phenoxy) is 1. The molecule has 34 heavy (non-hydrogen) atoms. The first-order valence-corrected chi connectivity index (χ1v) is 11.5. The number of carbonyl (C=O) groups is 1. The van der Waals surface area contributed by atoms with Crippen molar-refractivity contribution < 1.29 is 14.6 Å². The second-order valence-electron chi connectivity index (χ2n) is 7.62. The SMILES string of the molecule is CCN(CC)Cc1ccc(NC(=O)N/N=C/c2ccc(OCc3cccc(Cl)c3)cc2O)cc1. The molecule has 0 aliphatic rings. The van der Waals surface area contributed by atoms with Gasteiger partial charge in [0.05, 0.1) is 6.21 Å². The van der Waals surface area contributed by atoms with Crippen LogP contribution in [0, 0.1) is 0 Å². The molecule has 0 fully saturated rings. The van der Waals surface area contributed by atoms with Gasteiger partial charge in [0.2, 0.25) is 0 Å². The zero-order chi connectivity index (χ0) is 24.3. The highest BCUT2D eigenvalue weighted by molar-refractivity contribution is 6.30. The minimum Gasteiger partial charge on any atom is -0.507 e. The molecule has 3 aromatic carbocycles. The van der Waals surface area contributed by atoms with Crippen molar-refractivity contribution in [2.75, 3.05) is 18.4 Å². The van der Waals surface area contributed by atoms with Gasteiger partial charge in [-0.15, -0.1) is 0 Å². The zero-order valence-electron chi connectivity index (χ0n) is 19.3. The van der Waals surface area contributed by atoms with Gasteiger partial charge in [0.25, 0.3) is 0 Å². The van der Waals surface area contributed by atoms with Crippen molar-refractivity contribution in [2.24, 2.45) is 5.10 Å². The number of aromatic hydroxyl groups is 1. The third kappa shape index (κ3) is 7.79. The molecule has 0 heterocycles. The highest BCUT2D eigenvalue weighted by Gasteiger charge is 2.05. The van der Waals surface area contributed by atoms with Gasteiger partial charge in [0.1, 0.15) is 18.1 Å². The molecule has 3 N–H and O–H groups in total. The Kier molecular flexibility index (Phi) is 9.31. The van der Waals surface area contributed by atoms with Crippen LogP contribution in [0.1, 0.15) is 30.5 Å². The third-order valence-electron chi connectivity index (χ3n) is 5.18. The summed E-state index contributed by atoms with van der Waals surface area (Å²) in [5, 5.41) is 17.5. The Morgan fingerprint density at radius 2 is 1.82 bits per heavy atom. The van der Waals surface area contributed by atoms with Crippen molar-refractivity contribution >= 4 is 29.5 Å². The van der Waals surface area contributed by atoms with E-state index in [1.54, 1.807) is 18.2 Å². The summed E-state index contributed by atoms with van der Waals surface area (Å²) in [6.45, 7) is 7.45. The number of anilines is 1. The number of nitrogens with one attached hydrogen (secondary N) is 2. The minimum absolute atomic E-state index is 0.0154. The summed E-state index contributed by atoms with van der Waals surface area (Å²) in [4.78, 5) is 14.4. The minimum atomic E-state index is -0.478. The smallest absolute Gasteiger partial charge is 0.339 e. The van der Waals surface area contributed by atoms with Crippen molar-refractivity contribution in [3.8, 4) is 11.5 Å². The summed E-state index contributed by atoms with van der Waals surface area (Å²) in [5.74, 6) is 0.489. The molecule has 0 unspecified atom stereocenters. The van der Waals surface area contributed by atoms with Crippen LogP contribution in [-0.2, 0) is 13.2 Å². The predicted molar refractivity (Wildman–Crippen MR) is 137 cm³/mol. The fourth-order valence-electron chi connectivity index (χ4n) is 3.23. The Balaban J connectivity index is 1.48. The van der Waals surface area contributed by atoms with Crippen molar-refractivity contribution in [1.82, 2.24) is 10.3 Å². The van der Waals surface area contributed by atoms with Gasteiger partial charge >= 0.3 is 6.03 Å². The first-order chi connectivity index (χ1) is 16.5. The Hall–Kier alpha value is -3.55. The van der Waals surface area contributed by atoms with E-state index in [9.17, 15) is 9.90 Å². The quantitative estimate of drug-likeness (QED) is 0.259. The molecule has 0 saturated heterocycles. The monoisotopic (exact) mass is 480 g/mol. The second-order valence-corrected chi connectivity index (χ2v) is 8.06. The summed E-state index contributed by atoms with van der Waals surface area (Å²) in [6.07, 6.45) is 1.36. The molecule has 7 nitrogen and oxygen atoms in total. The number of nitrogens with zero attached hydrogens (tertiary/aromatic N) is 2. The molecule has 0 saturated carbocycles. The molecular formula is C26H29ClN4O3. The average Bonchev–Trinajstić information content (AvgIpc) is 2.83. The number of hydrogen-bond donors (Lipinski definition) is 3. The number of urea groups is 1. The van der Waals surface area contributed by atoms with E-state index in [0.29, 0.717) is 28.6 Å². The topological polar surface area (TPSA) is 86.2 Å². The Morgan fingerprint density at radius 3 is 2.50 bits per heavy atom. The highest BCUT2D eigenvalue weighted by atomic mass is 35.5. The van der Waals surface area contributed by atoms with Crippen molar-refractivity contribution in [2.45, 2.75) is 27.0 Å². The molecule has 8 heteroatoms. The lowest BCUT2D eigenvalue weighted by Gasteiger charge is -2.18. The van der Waals surface area contributed by atoms with Gasteiger partial charge in [-0.2, -0.15) is 5.10 Å². The number of amides is 2. The van der Waals surface area contributed by atoms with E-state index in [0.717, 1.165) is 25.2 Å². The Bertz CT molecular complexity index is 1120. The molecule has 0 radical (unpaired) electrons. The lowest BCUT2D eigenvalue weighted by Crippen LogP contribution is -2.24. The summed E-state index contributed by atoms with van der Waals surface area (Å²) in [6, 6.07) is 19.4. The number of hydrogen-bond acceptors (Lipinski definition) is 5. The maximum Gasteiger partial charge on any atom is 0.339 e. The van der Waals surface area contributed by atoms with Crippen LogP contribution in [0.4, 0.5) is 10.5 Å². The van der Waals surface area contributed by atoms with E-state index in [-0.39, 0.29) is 5.75 Å². The molecular weight excluding hydrogens is 452 g/mol. The van der Waals surface area contributed by atoms with Gasteiger partial charge in [-0.25, -0.2) is 10.2 Å². The summed E-state index contributed by atoms with van der Waals surface area (Å²) in [7, 11) is 0. The Labute approximate surface area is 205 Å². The standard InChI is InChI=1S/C26H29ClN4O3/c1-3-31(4-2)17-19-8-11-23(12-9-19)29-26(33)30-28-16-21-10-13-24(15-25(21)32)34-18-20-6-5-7-22(27)14-20/h5-16,32H,3-4,17-18H2,1-2H3,(H2,29,30,33)/b28-16+. The Morgan fingerprint density at radius 1 is 1.06 bits per heavy atom. The fourth-order valence-corrected chi connectivity index (χ4v) is 3.45. The van der Waals surface area contributed by atoms with Crippen LogP contribution in [0.5, 0.6) is 11.5 Å². The summed E-state index contributed by atoms with van der Waals surface area (Å²) in [5.41, 5.74) is 5.61. The molecule has 0 spiro atoms. The number of benzene rings is 3. The van der Waals surface area contributed by atoms with E-state index in [4.69, 9.17) is 16.3 Å². The van der Waals surface area contributed by atoms with Crippen molar-refractivity contribution in [1.29, 1.82) is 0 Å². The molecule has 2 amide bonds. The van der Waals surface area contributed by atoms with Gasteiger partial charge in [-0.3, -0.25) is 4.90 Å². The molecule has 0 bridgehead atoms. The van der Waals surface area contributed by atoms with E-state index in [1.165, 1.54) is 17.8 Å². The number of phenols is 1. The van der Waals surface area contributed by atoms with Crippen molar-refractivity contribution in [3.05, 3.63) is 88.4 Å². The van der Waals surface area contributed by atoms with Gasteiger partial charge in [0, 0.05) is 28.9 Å². The number of hydrazone groups is 1. The van der Waals surface area contributed by atoms with Crippen LogP contribution in [0.15, 0.2) is 71.8 Å². The predicted octanol–water partition coefficient (Wildman–Crippen LogP) is 5.62.